The minimum absolute atomic E-state index is 1.22. The van der Waals surface area contributed by atoms with Gasteiger partial charge in [-0.15, -0.1) is 0 Å². The zero-order chi connectivity index (χ0) is 33.4. The average Bonchev–Trinajstić information content (AvgIpc) is 3.07. The van der Waals surface area contributed by atoms with Crippen molar-refractivity contribution in [3.63, 3.8) is 0 Å². The van der Waals surface area contributed by atoms with Gasteiger partial charge in [0.2, 0.25) is 0 Å². The lowest BCUT2D eigenvalue weighted by Crippen LogP contribution is -2.03. The van der Waals surface area contributed by atoms with Gasteiger partial charge in [-0.05, 0) is 108 Å². The Balaban J connectivity index is 1.86. The van der Waals surface area contributed by atoms with E-state index < -0.39 is 0 Å². The van der Waals surface area contributed by atoms with Crippen LogP contribution in [0.4, 0.5) is 0 Å². The minimum atomic E-state index is 1.22. The second-order valence-electron chi connectivity index (χ2n) is 13.5. The molecule has 7 rings (SSSR count). The van der Waals surface area contributed by atoms with Crippen LogP contribution in [0.15, 0.2) is 146 Å². The molecule has 0 atom stereocenters. The first kappa shape index (κ1) is 31.2. The fourth-order valence-corrected chi connectivity index (χ4v) is 7.29. The van der Waals surface area contributed by atoms with Gasteiger partial charge in [-0.2, -0.15) is 0 Å². The first-order valence-corrected chi connectivity index (χ1v) is 16.9. The fourth-order valence-electron chi connectivity index (χ4n) is 7.29. The second-order valence-corrected chi connectivity index (χ2v) is 13.5. The quantitative estimate of drug-likeness (QED) is 0.174. The van der Waals surface area contributed by atoms with Crippen molar-refractivity contribution in [3.8, 4) is 66.8 Å². The van der Waals surface area contributed by atoms with Crippen LogP contribution in [-0.4, -0.2) is 0 Å². The van der Waals surface area contributed by atoms with E-state index in [4.69, 9.17) is 0 Å². The molecule has 0 fully saturated rings. The molecule has 0 unspecified atom stereocenters. The lowest BCUT2D eigenvalue weighted by molar-refractivity contribution is 1.42. The summed E-state index contributed by atoms with van der Waals surface area (Å²) >= 11 is 0. The Labute approximate surface area is 286 Å². The third-order valence-corrected chi connectivity index (χ3v) is 9.34. The van der Waals surface area contributed by atoms with Gasteiger partial charge < -0.3 is 0 Å². The maximum atomic E-state index is 2.36. The monoisotopic (exact) mass is 618 g/mol. The van der Waals surface area contributed by atoms with Crippen molar-refractivity contribution in [2.75, 3.05) is 0 Å². The van der Waals surface area contributed by atoms with Gasteiger partial charge >= 0.3 is 0 Å². The van der Waals surface area contributed by atoms with Crippen LogP contribution in [0.5, 0.6) is 0 Å². The standard InChI is InChI=1S/C48H42/c1-31-13-7-19-37(25-31)43-44(38-20-8-14-32(2)26-38)46(40-22-10-16-34(4)28-40)48(42-24-12-18-36(6)30-42)47(41-23-11-17-35(5)29-41)45(43)39-21-9-15-33(3)27-39/h7-30H,1-6H3. The molecule has 0 spiro atoms. The van der Waals surface area contributed by atoms with E-state index in [0.717, 1.165) is 0 Å². The molecule has 0 aromatic heterocycles. The maximum absolute atomic E-state index is 2.36. The summed E-state index contributed by atoms with van der Waals surface area (Å²) in [6.45, 7) is 13.2. The van der Waals surface area contributed by atoms with E-state index in [1.807, 2.05) is 0 Å². The Hall–Kier alpha value is -5.46. The fraction of sp³-hybridized carbons (Fsp3) is 0.125. The molecule has 0 saturated heterocycles. The highest BCUT2D eigenvalue weighted by molar-refractivity contribution is 6.15. The Kier molecular flexibility index (Phi) is 8.42. The number of aryl methyl sites for hydroxylation is 6. The smallest absolute Gasteiger partial charge is 0.00138 e. The largest absolute Gasteiger partial charge is 0.0614 e. The van der Waals surface area contributed by atoms with Crippen molar-refractivity contribution in [1.82, 2.24) is 0 Å². The number of hydrogen-bond donors (Lipinski definition) is 0. The molecule has 0 N–H and O–H groups in total. The van der Waals surface area contributed by atoms with E-state index in [1.54, 1.807) is 0 Å². The first-order valence-electron chi connectivity index (χ1n) is 16.9. The maximum Gasteiger partial charge on any atom is -0.00138 e. The summed E-state index contributed by atoms with van der Waals surface area (Å²) in [4.78, 5) is 0. The molecular formula is C48H42. The van der Waals surface area contributed by atoms with Crippen LogP contribution in [0.3, 0.4) is 0 Å². The Bertz CT molecular complexity index is 1860. The topological polar surface area (TPSA) is 0 Å². The summed E-state index contributed by atoms with van der Waals surface area (Å²) in [6, 6.07) is 54.4. The molecule has 0 saturated carbocycles. The molecule has 0 nitrogen and oxygen atoms in total. The molecule has 0 radical (unpaired) electrons. The molecule has 0 heteroatoms. The third-order valence-electron chi connectivity index (χ3n) is 9.34. The van der Waals surface area contributed by atoms with Crippen molar-refractivity contribution in [1.29, 1.82) is 0 Å². The summed E-state index contributed by atoms with van der Waals surface area (Å²) < 4.78 is 0. The van der Waals surface area contributed by atoms with Crippen LogP contribution in [0.1, 0.15) is 33.4 Å². The zero-order valence-corrected chi connectivity index (χ0v) is 28.9. The van der Waals surface area contributed by atoms with Gasteiger partial charge in [0.1, 0.15) is 0 Å². The first-order chi connectivity index (χ1) is 23.3. The molecule has 0 aliphatic rings. The number of rotatable bonds is 6. The van der Waals surface area contributed by atoms with Gasteiger partial charge in [0, 0.05) is 0 Å². The van der Waals surface area contributed by atoms with E-state index >= 15 is 0 Å². The molecule has 7 aromatic rings. The Morgan fingerprint density at radius 2 is 0.354 bits per heavy atom. The molecule has 0 heterocycles. The van der Waals surface area contributed by atoms with E-state index in [9.17, 15) is 0 Å². The lowest BCUT2D eigenvalue weighted by Gasteiger charge is -2.29. The van der Waals surface area contributed by atoms with Crippen LogP contribution in [0.2, 0.25) is 0 Å². The van der Waals surface area contributed by atoms with Gasteiger partial charge in [-0.1, -0.05) is 179 Å². The predicted molar refractivity (Wildman–Crippen MR) is 207 cm³/mol. The summed E-state index contributed by atoms with van der Waals surface area (Å²) in [5.41, 5.74) is 22.4. The van der Waals surface area contributed by atoms with Crippen LogP contribution in [-0.2, 0) is 0 Å². The predicted octanol–water partition coefficient (Wildman–Crippen LogP) is 13.5. The summed E-state index contributed by atoms with van der Waals surface area (Å²) in [7, 11) is 0. The van der Waals surface area contributed by atoms with Gasteiger partial charge in [0.05, 0.1) is 0 Å². The van der Waals surface area contributed by atoms with Crippen molar-refractivity contribution >= 4 is 0 Å². The molecule has 48 heavy (non-hydrogen) atoms. The molecule has 0 aliphatic heterocycles. The number of hydrogen-bond acceptors (Lipinski definition) is 0. The highest BCUT2D eigenvalue weighted by Crippen LogP contribution is 2.56. The van der Waals surface area contributed by atoms with Gasteiger partial charge in [0.25, 0.3) is 0 Å². The summed E-state index contributed by atoms with van der Waals surface area (Å²) in [5.74, 6) is 0. The molecular weight excluding hydrogens is 577 g/mol. The SMILES string of the molecule is Cc1cccc(-c2c(-c3cccc(C)c3)c(-c3cccc(C)c3)c(-c3cccc(C)c3)c(-c3cccc(C)c3)c2-c2cccc(C)c2)c1. The minimum Gasteiger partial charge on any atom is -0.0614 e. The second kappa shape index (κ2) is 13.0. The van der Waals surface area contributed by atoms with Crippen molar-refractivity contribution in [2.24, 2.45) is 0 Å². The van der Waals surface area contributed by atoms with Gasteiger partial charge in [-0.3, -0.25) is 0 Å². The van der Waals surface area contributed by atoms with Crippen LogP contribution < -0.4 is 0 Å². The molecule has 7 aromatic carbocycles. The highest BCUT2D eigenvalue weighted by Gasteiger charge is 2.29. The molecule has 0 bridgehead atoms. The van der Waals surface area contributed by atoms with Gasteiger partial charge in [-0.25, -0.2) is 0 Å². The highest BCUT2D eigenvalue weighted by atomic mass is 14.3. The molecule has 234 valence electrons. The third kappa shape index (κ3) is 6.03. The lowest BCUT2D eigenvalue weighted by atomic mass is 9.73. The molecule has 0 aliphatic carbocycles. The van der Waals surface area contributed by atoms with E-state index in [2.05, 4.69) is 187 Å². The molecule has 0 amide bonds. The van der Waals surface area contributed by atoms with Crippen LogP contribution >= 0.6 is 0 Å². The Morgan fingerprint density at radius 3 is 0.479 bits per heavy atom. The van der Waals surface area contributed by atoms with Gasteiger partial charge in [0.15, 0.2) is 0 Å². The number of benzene rings is 7. The average molecular weight is 619 g/mol. The van der Waals surface area contributed by atoms with Crippen LogP contribution in [0, 0.1) is 41.5 Å². The normalized spacial score (nSPS) is 11.1. The van der Waals surface area contributed by atoms with Crippen LogP contribution in [0.25, 0.3) is 66.8 Å². The van der Waals surface area contributed by atoms with E-state index in [1.165, 1.54) is 100 Å². The summed E-state index contributed by atoms with van der Waals surface area (Å²) in [6.07, 6.45) is 0. The van der Waals surface area contributed by atoms with Crippen molar-refractivity contribution < 1.29 is 0 Å². The van der Waals surface area contributed by atoms with Crippen molar-refractivity contribution in [2.45, 2.75) is 41.5 Å². The zero-order valence-electron chi connectivity index (χ0n) is 28.9. The van der Waals surface area contributed by atoms with E-state index in [-0.39, 0.29) is 0 Å². The Morgan fingerprint density at radius 1 is 0.208 bits per heavy atom. The van der Waals surface area contributed by atoms with E-state index in [0.29, 0.717) is 0 Å². The van der Waals surface area contributed by atoms with Crippen molar-refractivity contribution in [3.05, 3.63) is 179 Å². The summed E-state index contributed by atoms with van der Waals surface area (Å²) in [5, 5.41) is 0.